The van der Waals surface area contributed by atoms with Crippen LogP contribution in [0.2, 0.25) is 0 Å². The van der Waals surface area contributed by atoms with E-state index in [2.05, 4.69) is 32.9 Å². The topological polar surface area (TPSA) is 155 Å². The number of phosphoric ester groups is 1. The first kappa shape index (κ1) is 82.2. The summed E-state index contributed by atoms with van der Waals surface area (Å²) in [7, 11) is -4.75. The highest BCUT2D eigenvalue weighted by Crippen LogP contribution is 2.43. The maximum absolute atomic E-state index is 13.0. The lowest BCUT2D eigenvalue weighted by atomic mass is 10.0. The Hall–Kier alpha value is -1.78. The Morgan fingerprint density at radius 2 is 0.548 bits per heavy atom. The Kier molecular flexibility index (Phi) is 65.7. The van der Waals surface area contributed by atoms with Crippen molar-refractivity contribution >= 4 is 25.7 Å². The van der Waals surface area contributed by atoms with Gasteiger partial charge in [-0.05, 0) is 44.9 Å². The summed E-state index contributed by atoms with van der Waals surface area (Å²) in [6, 6.07) is 0. The van der Waals surface area contributed by atoms with Crippen LogP contribution >= 0.6 is 7.82 Å². The van der Waals surface area contributed by atoms with Gasteiger partial charge >= 0.3 is 25.7 Å². The highest BCUT2D eigenvalue weighted by atomic mass is 31.2. The van der Waals surface area contributed by atoms with Crippen LogP contribution in [0.3, 0.4) is 0 Å². The fourth-order valence-electron chi connectivity index (χ4n) is 11.1. The van der Waals surface area contributed by atoms with Crippen molar-refractivity contribution in [2.45, 2.75) is 405 Å². The molecule has 0 aromatic heterocycles. The zero-order valence-electron chi connectivity index (χ0n) is 55.7. The number of rotatable bonds is 70. The van der Waals surface area contributed by atoms with Crippen molar-refractivity contribution < 1.29 is 52.2 Å². The number of phosphoric acid groups is 1. The summed E-state index contributed by atoms with van der Waals surface area (Å²) in [5, 5.41) is 9.89. The van der Waals surface area contributed by atoms with Gasteiger partial charge in [-0.1, -0.05) is 341 Å². The molecular formula is C72H139O11P. The van der Waals surface area contributed by atoms with Crippen LogP contribution in [0.25, 0.3) is 0 Å². The van der Waals surface area contributed by atoms with E-state index in [0.29, 0.717) is 19.3 Å². The van der Waals surface area contributed by atoms with E-state index in [4.69, 9.17) is 23.3 Å². The van der Waals surface area contributed by atoms with Crippen LogP contribution in [0.15, 0.2) is 12.2 Å². The minimum Gasteiger partial charge on any atom is -0.462 e. The van der Waals surface area contributed by atoms with Crippen molar-refractivity contribution in [1.29, 1.82) is 0 Å². The summed E-state index contributed by atoms with van der Waals surface area (Å²) >= 11 is 0. The van der Waals surface area contributed by atoms with Crippen molar-refractivity contribution in [2.75, 3.05) is 26.4 Å². The zero-order valence-corrected chi connectivity index (χ0v) is 56.6. The van der Waals surface area contributed by atoms with E-state index in [9.17, 15) is 28.9 Å². The summed E-state index contributed by atoms with van der Waals surface area (Å²) < 4.78 is 39.9. The van der Waals surface area contributed by atoms with E-state index < -0.39 is 57.8 Å². The number of esters is 3. The van der Waals surface area contributed by atoms with Gasteiger partial charge in [0.25, 0.3) is 0 Å². The van der Waals surface area contributed by atoms with Crippen molar-refractivity contribution in [3.63, 3.8) is 0 Å². The molecule has 2 N–H and O–H groups in total. The van der Waals surface area contributed by atoms with Gasteiger partial charge in [-0.15, -0.1) is 0 Å². The molecule has 0 aromatic rings. The molecule has 0 heterocycles. The van der Waals surface area contributed by atoms with Gasteiger partial charge in [0.1, 0.15) is 12.7 Å². The van der Waals surface area contributed by atoms with Gasteiger partial charge in [-0.3, -0.25) is 23.4 Å². The first-order valence-electron chi connectivity index (χ1n) is 36.6. The average Bonchev–Trinajstić information content (AvgIpc) is 3.55. The Morgan fingerprint density at radius 1 is 0.321 bits per heavy atom. The number of ether oxygens (including phenoxy) is 3. The van der Waals surface area contributed by atoms with Gasteiger partial charge in [0.2, 0.25) is 0 Å². The molecule has 11 nitrogen and oxygen atoms in total. The van der Waals surface area contributed by atoms with E-state index in [1.165, 1.54) is 276 Å². The van der Waals surface area contributed by atoms with Crippen molar-refractivity contribution in [3.8, 4) is 0 Å². The smallest absolute Gasteiger partial charge is 0.462 e. The van der Waals surface area contributed by atoms with Crippen LogP contribution in [-0.2, 0) is 42.2 Å². The van der Waals surface area contributed by atoms with Crippen molar-refractivity contribution in [2.24, 2.45) is 0 Å². The lowest BCUT2D eigenvalue weighted by Crippen LogP contribution is -2.30. The minimum atomic E-state index is -4.75. The monoisotopic (exact) mass is 1210 g/mol. The Bertz CT molecular complexity index is 1460. The van der Waals surface area contributed by atoms with Gasteiger partial charge in [0.05, 0.1) is 19.8 Å². The second-order valence-corrected chi connectivity index (χ2v) is 26.6. The lowest BCUT2D eigenvalue weighted by Gasteiger charge is -2.21. The summed E-state index contributed by atoms with van der Waals surface area (Å²) in [5.74, 6) is -1.42. The number of aliphatic hydroxyl groups is 1. The standard InChI is InChI=1S/C72H139O11P/c1-4-7-10-13-16-19-22-25-28-31-34-37-40-43-46-49-52-55-58-61-70(74)79-65-69(83-72(76)63-60-57-54-51-48-45-42-39-36-33-30-27-24-21-18-15-12-9-6-3)67-81-84(77,78)80-66-68(64-73)82-71(75)62-59-56-53-50-47-44-41-38-35-32-29-26-23-20-17-14-11-8-5-2/h25,28,68-69,73H,4-24,26-27,29-67H2,1-3H3,(H,77,78)/b28-25-. The number of unbranched alkanes of at least 4 members (excludes halogenated alkanes) is 51. The molecule has 0 amide bonds. The second kappa shape index (κ2) is 67.2. The molecule has 3 atom stereocenters. The third-order valence-corrected chi connectivity index (χ3v) is 17.6. The summed E-state index contributed by atoms with van der Waals surface area (Å²) in [4.78, 5) is 49.0. The lowest BCUT2D eigenvalue weighted by molar-refractivity contribution is -0.161. The molecule has 0 rings (SSSR count). The van der Waals surface area contributed by atoms with Gasteiger partial charge in [0, 0.05) is 19.3 Å². The second-order valence-electron chi connectivity index (χ2n) is 25.1. The van der Waals surface area contributed by atoms with E-state index in [0.717, 1.165) is 57.8 Å². The van der Waals surface area contributed by atoms with E-state index >= 15 is 0 Å². The molecule has 0 aliphatic carbocycles. The molecule has 0 saturated carbocycles. The predicted molar refractivity (Wildman–Crippen MR) is 353 cm³/mol. The summed E-state index contributed by atoms with van der Waals surface area (Å²) in [6.45, 7) is 4.77. The highest BCUT2D eigenvalue weighted by molar-refractivity contribution is 7.47. The van der Waals surface area contributed by atoms with Crippen LogP contribution in [0.1, 0.15) is 393 Å². The maximum Gasteiger partial charge on any atom is 0.472 e. The molecule has 0 aliphatic heterocycles. The molecule has 0 bridgehead atoms. The number of allylic oxidation sites excluding steroid dienone is 2. The number of carbonyl (C=O) groups is 3. The molecule has 0 radical (unpaired) electrons. The average molecular weight is 1210 g/mol. The molecule has 0 aliphatic rings. The van der Waals surface area contributed by atoms with Crippen LogP contribution in [0.4, 0.5) is 0 Å². The first-order chi connectivity index (χ1) is 41.2. The maximum atomic E-state index is 13.0. The molecule has 0 saturated heterocycles. The van der Waals surface area contributed by atoms with Crippen molar-refractivity contribution in [3.05, 3.63) is 12.2 Å². The van der Waals surface area contributed by atoms with E-state index in [1.807, 2.05) is 0 Å². The molecular weight excluding hydrogens is 1070 g/mol. The quantitative estimate of drug-likeness (QED) is 0.0197. The molecule has 498 valence electrons. The van der Waals surface area contributed by atoms with E-state index in [-0.39, 0.29) is 25.9 Å². The Labute approximate surface area is 519 Å². The van der Waals surface area contributed by atoms with Gasteiger partial charge in [-0.2, -0.15) is 0 Å². The van der Waals surface area contributed by atoms with Gasteiger partial charge < -0.3 is 24.2 Å². The number of hydrogen-bond donors (Lipinski definition) is 2. The van der Waals surface area contributed by atoms with Gasteiger partial charge in [0.15, 0.2) is 6.10 Å². The SMILES string of the molecule is CCCCCCCC/C=C\CCCCCCCCCCCC(=O)OCC(COP(=O)(O)OCC(CO)OC(=O)CCCCCCCCCCCCCCCCCCCCC)OC(=O)CCCCCCCCCCCCCCCCCCCCC. The fraction of sp³-hybridized carbons (Fsp3) is 0.931. The summed E-state index contributed by atoms with van der Waals surface area (Å²) in [5.41, 5.74) is 0. The number of carbonyl (C=O) groups excluding carboxylic acids is 3. The van der Waals surface area contributed by atoms with Crippen LogP contribution in [0.5, 0.6) is 0 Å². The zero-order chi connectivity index (χ0) is 61.2. The third-order valence-electron chi connectivity index (χ3n) is 16.7. The predicted octanol–water partition coefficient (Wildman–Crippen LogP) is 22.7. The van der Waals surface area contributed by atoms with Crippen molar-refractivity contribution in [1.82, 2.24) is 0 Å². The summed E-state index contributed by atoms with van der Waals surface area (Å²) in [6.07, 6.45) is 71.6. The molecule has 12 heteroatoms. The largest absolute Gasteiger partial charge is 0.472 e. The van der Waals surface area contributed by atoms with Crippen LogP contribution in [-0.4, -0.2) is 66.5 Å². The minimum absolute atomic E-state index is 0.177. The molecule has 0 aromatic carbocycles. The Morgan fingerprint density at radius 3 is 0.821 bits per heavy atom. The number of hydrogen-bond acceptors (Lipinski definition) is 10. The van der Waals surface area contributed by atoms with Gasteiger partial charge in [-0.25, -0.2) is 4.57 Å². The number of aliphatic hydroxyl groups excluding tert-OH is 1. The van der Waals surface area contributed by atoms with Crippen LogP contribution < -0.4 is 0 Å². The van der Waals surface area contributed by atoms with Crippen LogP contribution in [0, 0.1) is 0 Å². The first-order valence-corrected chi connectivity index (χ1v) is 38.1. The fourth-order valence-corrected chi connectivity index (χ4v) is 11.9. The normalized spacial score (nSPS) is 13.2. The Balaban J connectivity index is 4.59. The molecule has 0 spiro atoms. The molecule has 0 fully saturated rings. The van der Waals surface area contributed by atoms with E-state index in [1.54, 1.807) is 0 Å². The highest BCUT2D eigenvalue weighted by Gasteiger charge is 2.28. The third kappa shape index (κ3) is 64.7. The molecule has 3 unspecified atom stereocenters. The molecule has 84 heavy (non-hydrogen) atoms.